The predicted octanol–water partition coefficient (Wildman–Crippen LogP) is 2.44. The second-order valence-corrected chi connectivity index (χ2v) is 8.15. The topological polar surface area (TPSA) is 97.9 Å². The van der Waals surface area contributed by atoms with Crippen molar-refractivity contribution in [3.05, 3.63) is 12.7 Å². The van der Waals surface area contributed by atoms with Crippen LogP contribution in [0.3, 0.4) is 0 Å². The Bertz CT molecular complexity index is 650. The lowest BCUT2D eigenvalue weighted by Crippen LogP contribution is -2.74. The first-order valence-electron chi connectivity index (χ1n) is 11.7. The molecule has 190 valence electrons. The number of carbonyl (C=O) groups excluding carboxylic acids is 3. The average Bonchev–Trinajstić information content (AvgIpc) is 2.81. The molecule has 0 bridgehead atoms. The van der Waals surface area contributed by atoms with Crippen LogP contribution in [0.2, 0.25) is 0 Å². The highest BCUT2D eigenvalue weighted by molar-refractivity contribution is 5.92. The Labute approximate surface area is 197 Å². The quantitative estimate of drug-likeness (QED) is 0.568. The number of piperazine rings is 1. The second-order valence-electron chi connectivity index (χ2n) is 8.15. The average molecular weight is 472 g/mol. The SMILES string of the molecule is C=CC.CC.COCCN1CC2N(CC1=O)C(=O)C1(CCOCC1)ON2C(=O)OCC(C)C. The van der Waals surface area contributed by atoms with Crippen LogP contribution in [0.5, 0.6) is 0 Å². The number of hydroxylamine groups is 2. The first-order chi connectivity index (χ1) is 15.8. The highest BCUT2D eigenvalue weighted by Crippen LogP contribution is 2.36. The molecule has 0 saturated carbocycles. The van der Waals surface area contributed by atoms with Crippen molar-refractivity contribution in [3.8, 4) is 0 Å². The van der Waals surface area contributed by atoms with E-state index >= 15 is 0 Å². The van der Waals surface area contributed by atoms with E-state index in [-0.39, 0.29) is 37.4 Å². The van der Waals surface area contributed by atoms with E-state index in [2.05, 4.69) is 6.58 Å². The Morgan fingerprint density at radius 1 is 1.27 bits per heavy atom. The van der Waals surface area contributed by atoms with Gasteiger partial charge >= 0.3 is 6.09 Å². The largest absolute Gasteiger partial charge is 0.448 e. The Balaban J connectivity index is 0.00000101. The van der Waals surface area contributed by atoms with Crippen molar-refractivity contribution in [2.24, 2.45) is 5.92 Å². The van der Waals surface area contributed by atoms with Crippen molar-refractivity contribution in [3.63, 3.8) is 0 Å². The number of methoxy groups -OCH3 is 1. The number of allylic oxidation sites excluding steroid dienone is 1. The zero-order valence-electron chi connectivity index (χ0n) is 21.0. The van der Waals surface area contributed by atoms with Gasteiger partial charge in [0.1, 0.15) is 6.54 Å². The summed E-state index contributed by atoms with van der Waals surface area (Å²) < 4.78 is 15.8. The number of amides is 3. The van der Waals surface area contributed by atoms with Gasteiger partial charge in [-0.15, -0.1) is 6.58 Å². The lowest BCUT2D eigenvalue weighted by molar-refractivity contribution is -0.305. The molecule has 0 radical (unpaired) electrons. The molecule has 3 fully saturated rings. The molecule has 3 amide bonds. The van der Waals surface area contributed by atoms with Gasteiger partial charge in [0.05, 0.1) is 19.8 Å². The van der Waals surface area contributed by atoms with Gasteiger partial charge in [0, 0.05) is 39.7 Å². The molecular weight excluding hydrogens is 430 g/mol. The lowest BCUT2D eigenvalue weighted by Gasteiger charge is -2.53. The van der Waals surface area contributed by atoms with Crippen LogP contribution in [-0.2, 0) is 28.6 Å². The van der Waals surface area contributed by atoms with Crippen LogP contribution in [-0.4, -0.2) is 97.7 Å². The Morgan fingerprint density at radius 3 is 2.42 bits per heavy atom. The number of hydrogen-bond acceptors (Lipinski definition) is 7. The third kappa shape index (κ3) is 7.41. The molecule has 3 saturated heterocycles. The molecule has 1 unspecified atom stereocenters. The first-order valence-corrected chi connectivity index (χ1v) is 11.7. The highest BCUT2D eigenvalue weighted by atomic mass is 16.8. The van der Waals surface area contributed by atoms with Gasteiger partial charge in [-0.1, -0.05) is 33.8 Å². The minimum atomic E-state index is -1.19. The van der Waals surface area contributed by atoms with Gasteiger partial charge in [0.15, 0.2) is 11.8 Å². The predicted molar refractivity (Wildman–Crippen MR) is 123 cm³/mol. The first kappa shape index (κ1) is 28.9. The van der Waals surface area contributed by atoms with Crippen molar-refractivity contribution in [2.75, 3.05) is 53.2 Å². The van der Waals surface area contributed by atoms with Gasteiger partial charge in [-0.3, -0.25) is 9.59 Å². The van der Waals surface area contributed by atoms with Crippen molar-refractivity contribution in [1.82, 2.24) is 14.9 Å². The van der Waals surface area contributed by atoms with E-state index in [0.29, 0.717) is 39.2 Å². The van der Waals surface area contributed by atoms with Crippen LogP contribution in [0, 0.1) is 5.92 Å². The summed E-state index contributed by atoms with van der Waals surface area (Å²) in [7, 11) is 1.55. The minimum Gasteiger partial charge on any atom is -0.448 e. The maximum absolute atomic E-state index is 13.2. The summed E-state index contributed by atoms with van der Waals surface area (Å²) in [6.45, 7) is 14.9. The highest BCUT2D eigenvalue weighted by Gasteiger charge is 2.57. The fourth-order valence-electron chi connectivity index (χ4n) is 3.59. The van der Waals surface area contributed by atoms with E-state index in [1.165, 1.54) is 4.90 Å². The molecule has 10 heteroatoms. The van der Waals surface area contributed by atoms with Gasteiger partial charge in [-0.05, 0) is 12.8 Å². The number of rotatable bonds is 5. The maximum atomic E-state index is 13.2. The molecule has 3 rings (SSSR count). The van der Waals surface area contributed by atoms with E-state index in [1.807, 2.05) is 34.6 Å². The van der Waals surface area contributed by atoms with E-state index in [1.54, 1.807) is 18.1 Å². The van der Waals surface area contributed by atoms with E-state index < -0.39 is 17.9 Å². The molecule has 3 aliphatic heterocycles. The Morgan fingerprint density at radius 2 is 1.88 bits per heavy atom. The fourth-order valence-corrected chi connectivity index (χ4v) is 3.59. The van der Waals surface area contributed by atoms with Crippen LogP contribution in [0.15, 0.2) is 12.7 Å². The molecule has 3 aliphatic rings. The molecule has 0 N–H and O–H groups in total. The number of nitrogens with zero attached hydrogens (tertiary/aromatic N) is 3. The summed E-state index contributed by atoms with van der Waals surface area (Å²) in [5.74, 6) is -0.288. The summed E-state index contributed by atoms with van der Waals surface area (Å²) in [5, 5.41) is 1.14. The van der Waals surface area contributed by atoms with Crippen molar-refractivity contribution in [1.29, 1.82) is 0 Å². The van der Waals surface area contributed by atoms with E-state index in [0.717, 1.165) is 5.06 Å². The molecule has 10 nitrogen and oxygen atoms in total. The molecular formula is C23H41N3O7. The van der Waals surface area contributed by atoms with Crippen molar-refractivity contribution < 1.29 is 33.4 Å². The zero-order valence-corrected chi connectivity index (χ0v) is 21.0. The molecule has 1 atom stereocenters. The van der Waals surface area contributed by atoms with Gasteiger partial charge in [-0.25, -0.2) is 9.63 Å². The second kappa shape index (κ2) is 14.2. The third-order valence-corrected chi connectivity index (χ3v) is 5.18. The smallest absolute Gasteiger partial charge is 0.436 e. The van der Waals surface area contributed by atoms with Crippen LogP contribution in [0.1, 0.15) is 47.5 Å². The summed E-state index contributed by atoms with van der Waals surface area (Å²) >= 11 is 0. The van der Waals surface area contributed by atoms with Gasteiger partial charge in [0.2, 0.25) is 5.91 Å². The van der Waals surface area contributed by atoms with E-state index in [9.17, 15) is 14.4 Å². The van der Waals surface area contributed by atoms with Crippen LogP contribution in [0.4, 0.5) is 4.79 Å². The van der Waals surface area contributed by atoms with Gasteiger partial charge in [0.25, 0.3) is 5.91 Å². The lowest BCUT2D eigenvalue weighted by atomic mass is 9.91. The van der Waals surface area contributed by atoms with Gasteiger partial charge in [-0.2, -0.15) is 5.06 Å². The van der Waals surface area contributed by atoms with E-state index in [4.69, 9.17) is 19.0 Å². The number of fused-ring (bicyclic) bond motifs is 1. The standard InChI is InChI=1S/C18H29N3O7.C3H6.C2H6/c1-13(2)12-27-17(24)21-14-10-19(6-9-25-3)15(22)11-20(14)16(23)18(28-21)4-7-26-8-5-18;1-3-2;1-2/h13-14H,4-12H2,1-3H3;3H,1H2,2H3;1-2H3. The summed E-state index contributed by atoms with van der Waals surface area (Å²) in [4.78, 5) is 47.5. The van der Waals surface area contributed by atoms with Gasteiger partial charge < -0.3 is 24.0 Å². The maximum Gasteiger partial charge on any atom is 0.436 e. The third-order valence-electron chi connectivity index (χ3n) is 5.18. The molecule has 1 spiro atoms. The summed E-state index contributed by atoms with van der Waals surface area (Å²) in [6.07, 6.45) is 1.02. The molecule has 33 heavy (non-hydrogen) atoms. The molecule has 3 heterocycles. The summed E-state index contributed by atoms with van der Waals surface area (Å²) in [6, 6.07) is 0. The molecule has 0 aromatic carbocycles. The van der Waals surface area contributed by atoms with Crippen LogP contribution >= 0.6 is 0 Å². The van der Waals surface area contributed by atoms with Crippen LogP contribution in [0.25, 0.3) is 0 Å². The van der Waals surface area contributed by atoms with Crippen molar-refractivity contribution >= 4 is 17.9 Å². The fraction of sp³-hybridized carbons (Fsp3) is 0.783. The molecule has 0 aromatic heterocycles. The zero-order chi connectivity index (χ0) is 25.0. The Kier molecular flexibility index (Phi) is 12.4. The van der Waals surface area contributed by atoms with Crippen LogP contribution < -0.4 is 0 Å². The number of hydrogen-bond donors (Lipinski definition) is 0. The Hall–Kier alpha value is -2.17. The molecule has 0 aliphatic carbocycles. The number of carbonyl (C=O) groups is 3. The van der Waals surface area contributed by atoms with Crippen molar-refractivity contribution in [2.45, 2.75) is 59.2 Å². The summed E-state index contributed by atoms with van der Waals surface area (Å²) in [5.41, 5.74) is -1.19. The molecule has 0 aromatic rings. The monoisotopic (exact) mass is 471 g/mol. The minimum absolute atomic E-state index is 0.104. The normalized spacial score (nSPS) is 21.5. The number of ether oxygens (including phenoxy) is 3.